The van der Waals surface area contributed by atoms with Crippen molar-refractivity contribution in [1.82, 2.24) is 5.32 Å². The van der Waals surface area contributed by atoms with Crippen molar-refractivity contribution >= 4 is 11.6 Å². The second-order valence-electron chi connectivity index (χ2n) is 5.90. The Morgan fingerprint density at radius 2 is 2.29 bits per heavy atom. The summed E-state index contributed by atoms with van der Waals surface area (Å²) in [6.07, 6.45) is 1.23. The molecule has 0 bridgehead atoms. The molecule has 0 aliphatic carbocycles. The maximum atomic E-state index is 12.2. The number of fused-ring (bicyclic) bond motifs is 1. The molecule has 1 aromatic rings. The van der Waals surface area contributed by atoms with Crippen LogP contribution in [0.15, 0.2) is 24.3 Å². The summed E-state index contributed by atoms with van der Waals surface area (Å²) in [5.41, 5.74) is 1.33. The average Bonchev–Trinajstić information content (AvgIpc) is 2.50. The number of carbonyl (C=O) groups excluding carboxylic acids is 1. The number of rotatable bonds is 6. The molecule has 0 spiro atoms. The first-order valence-electron chi connectivity index (χ1n) is 7.32. The minimum Gasteiger partial charge on any atom is -0.388 e. The molecule has 1 aliphatic heterocycles. The number of methoxy groups -OCH3 is 1. The molecule has 2 rings (SSSR count). The quantitative estimate of drug-likeness (QED) is 0.736. The number of ether oxygens (including phenoxy) is 1. The van der Waals surface area contributed by atoms with Crippen molar-refractivity contribution in [1.29, 1.82) is 0 Å². The summed E-state index contributed by atoms with van der Waals surface area (Å²) in [6.45, 7) is 3.05. The van der Waals surface area contributed by atoms with Crippen LogP contribution in [0.2, 0.25) is 0 Å². The minimum absolute atomic E-state index is 0.0188. The number of amides is 1. The maximum Gasteiger partial charge on any atom is 0.225 e. The molecular weight excluding hydrogens is 268 g/mol. The fourth-order valence-electron chi connectivity index (χ4n) is 2.46. The first-order chi connectivity index (χ1) is 10.0. The van der Waals surface area contributed by atoms with Crippen LogP contribution in [0.3, 0.4) is 0 Å². The van der Waals surface area contributed by atoms with Gasteiger partial charge in [-0.05, 0) is 25.0 Å². The van der Waals surface area contributed by atoms with Crippen molar-refractivity contribution in [3.05, 3.63) is 29.8 Å². The van der Waals surface area contributed by atoms with Crippen molar-refractivity contribution in [2.24, 2.45) is 5.92 Å². The molecule has 1 heterocycles. The topological polar surface area (TPSA) is 70.6 Å². The Balaban J connectivity index is 1.85. The Bertz CT molecular complexity index is 488. The standard InChI is InChI=1S/C16H24N2O3/c1-16(20,7-8-21-2)11-18-15(19)13-9-12-5-3-4-6-14(12)17-10-13/h3-6,13,17,20H,7-11H2,1-2H3,(H,18,19). The molecule has 0 saturated carbocycles. The Labute approximate surface area is 125 Å². The number of carbonyl (C=O) groups is 1. The number of aliphatic hydroxyl groups is 1. The summed E-state index contributed by atoms with van der Waals surface area (Å²) < 4.78 is 4.96. The normalized spacial score (nSPS) is 20.0. The van der Waals surface area contributed by atoms with Gasteiger partial charge in [0, 0.05) is 38.9 Å². The monoisotopic (exact) mass is 292 g/mol. The van der Waals surface area contributed by atoms with E-state index in [1.807, 2.05) is 24.3 Å². The van der Waals surface area contributed by atoms with Crippen LogP contribution in [-0.4, -0.2) is 43.4 Å². The number of benzene rings is 1. The smallest absolute Gasteiger partial charge is 0.225 e. The molecule has 1 aliphatic rings. The Morgan fingerprint density at radius 3 is 3.05 bits per heavy atom. The second-order valence-corrected chi connectivity index (χ2v) is 5.90. The number of anilines is 1. The summed E-state index contributed by atoms with van der Waals surface area (Å²) in [6, 6.07) is 8.03. The molecule has 116 valence electrons. The largest absolute Gasteiger partial charge is 0.388 e. The predicted octanol–water partition coefficient (Wildman–Crippen LogP) is 1.17. The molecule has 21 heavy (non-hydrogen) atoms. The van der Waals surface area contributed by atoms with Crippen LogP contribution in [0.25, 0.3) is 0 Å². The van der Waals surface area contributed by atoms with Gasteiger partial charge in [-0.15, -0.1) is 0 Å². The zero-order valence-electron chi connectivity index (χ0n) is 12.7. The number of nitrogens with one attached hydrogen (secondary N) is 2. The van der Waals surface area contributed by atoms with Crippen LogP contribution in [0.1, 0.15) is 18.9 Å². The average molecular weight is 292 g/mol. The second kappa shape index (κ2) is 6.91. The van der Waals surface area contributed by atoms with Gasteiger partial charge in [-0.3, -0.25) is 4.79 Å². The third-order valence-corrected chi connectivity index (χ3v) is 3.88. The number of para-hydroxylation sites is 1. The molecule has 1 amide bonds. The molecule has 0 saturated heterocycles. The van der Waals surface area contributed by atoms with Gasteiger partial charge in [0.1, 0.15) is 0 Å². The fraction of sp³-hybridized carbons (Fsp3) is 0.562. The summed E-state index contributed by atoms with van der Waals surface area (Å²) in [7, 11) is 1.60. The third-order valence-electron chi connectivity index (χ3n) is 3.88. The number of hydrogen-bond acceptors (Lipinski definition) is 4. The van der Waals surface area contributed by atoms with Crippen LogP contribution in [0.5, 0.6) is 0 Å². The zero-order chi connectivity index (χ0) is 15.3. The van der Waals surface area contributed by atoms with Crippen LogP contribution >= 0.6 is 0 Å². The highest BCUT2D eigenvalue weighted by atomic mass is 16.5. The van der Waals surface area contributed by atoms with Gasteiger partial charge < -0.3 is 20.5 Å². The van der Waals surface area contributed by atoms with Crippen molar-refractivity contribution in [2.45, 2.75) is 25.4 Å². The van der Waals surface area contributed by atoms with Gasteiger partial charge >= 0.3 is 0 Å². The van der Waals surface area contributed by atoms with Crippen LogP contribution in [0.4, 0.5) is 5.69 Å². The van der Waals surface area contributed by atoms with Gasteiger partial charge in [0.05, 0.1) is 11.5 Å². The highest BCUT2D eigenvalue weighted by molar-refractivity contribution is 5.80. The summed E-state index contributed by atoms with van der Waals surface area (Å²) in [5.74, 6) is -0.118. The van der Waals surface area contributed by atoms with Gasteiger partial charge in [-0.25, -0.2) is 0 Å². The molecule has 5 heteroatoms. The third kappa shape index (κ3) is 4.44. The van der Waals surface area contributed by atoms with Gasteiger partial charge in [0.25, 0.3) is 0 Å². The van der Waals surface area contributed by atoms with Crippen LogP contribution < -0.4 is 10.6 Å². The molecule has 0 fully saturated rings. The molecule has 3 N–H and O–H groups in total. The summed E-state index contributed by atoms with van der Waals surface area (Å²) in [4.78, 5) is 12.2. The number of hydrogen-bond donors (Lipinski definition) is 3. The van der Waals surface area contributed by atoms with E-state index < -0.39 is 5.60 Å². The van der Waals surface area contributed by atoms with Gasteiger partial charge in [0.2, 0.25) is 5.91 Å². The molecule has 5 nitrogen and oxygen atoms in total. The van der Waals surface area contributed by atoms with Gasteiger partial charge in [-0.2, -0.15) is 0 Å². The molecule has 1 aromatic carbocycles. The lowest BCUT2D eigenvalue weighted by Gasteiger charge is -2.28. The fourth-order valence-corrected chi connectivity index (χ4v) is 2.46. The van der Waals surface area contributed by atoms with Crippen LogP contribution in [-0.2, 0) is 16.0 Å². The van der Waals surface area contributed by atoms with E-state index in [1.165, 1.54) is 0 Å². The van der Waals surface area contributed by atoms with Gasteiger partial charge in [0.15, 0.2) is 0 Å². The van der Waals surface area contributed by atoms with Crippen molar-refractivity contribution in [2.75, 3.05) is 32.1 Å². The van der Waals surface area contributed by atoms with Crippen molar-refractivity contribution < 1.29 is 14.6 Å². The van der Waals surface area contributed by atoms with E-state index in [9.17, 15) is 9.90 Å². The molecule has 0 aromatic heterocycles. The molecule has 2 atom stereocenters. The highest BCUT2D eigenvalue weighted by Gasteiger charge is 2.27. The highest BCUT2D eigenvalue weighted by Crippen LogP contribution is 2.24. The van der Waals surface area contributed by atoms with Gasteiger partial charge in [-0.1, -0.05) is 18.2 Å². The molecular formula is C16H24N2O3. The molecule has 0 radical (unpaired) electrons. The Kier molecular flexibility index (Phi) is 5.20. The lowest BCUT2D eigenvalue weighted by Crippen LogP contribution is -2.45. The van der Waals surface area contributed by atoms with E-state index in [0.717, 1.165) is 17.7 Å². The van der Waals surface area contributed by atoms with E-state index in [0.29, 0.717) is 19.6 Å². The van der Waals surface area contributed by atoms with E-state index in [1.54, 1.807) is 14.0 Å². The lowest BCUT2D eigenvalue weighted by molar-refractivity contribution is -0.126. The predicted molar refractivity (Wildman–Crippen MR) is 82.3 cm³/mol. The Morgan fingerprint density at radius 1 is 1.52 bits per heavy atom. The van der Waals surface area contributed by atoms with E-state index in [4.69, 9.17) is 4.74 Å². The summed E-state index contributed by atoms with van der Waals surface area (Å²) >= 11 is 0. The maximum absolute atomic E-state index is 12.2. The SMILES string of the molecule is COCCC(C)(O)CNC(=O)C1CNc2ccccc2C1. The Hall–Kier alpha value is -1.59. The van der Waals surface area contributed by atoms with Crippen molar-refractivity contribution in [3.63, 3.8) is 0 Å². The molecule has 2 unspecified atom stereocenters. The van der Waals surface area contributed by atoms with Crippen LogP contribution in [0, 0.1) is 5.92 Å². The van der Waals surface area contributed by atoms with E-state index in [2.05, 4.69) is 10.6 Å². The summed E-state index contributed by atoms with van der Waals surface area (Å²) in [5, 5.41) is 16.3. The van der Waals surface area contributed by atoms with Crippen molar-refractivity contribution in [3.8, 4) is 0 Å². The lowest BCUT2D eigenvalue weighted by atomic mass is 9.93. The van der Waals surface area contributed by atoms with E-state index >= 15 is 0 Å². The van der Waals surface area contributed by atoms with E-state index in [-0.39, 0.29) is 18.4 Å². The minimum atomic E-state index is -0.939. The first kappa shape index (κ1) is 15.8. The zero-order valence-corrected chi connectivity index (χ0v) is 12.7. The first-order valence-corrected chi connectivity index (χ1v) is 7.32.